The molecule has 0 aliphatic carbocycles. The minimum absolute atomic E-state index is 0.437. The number of nitrogens with two attached hydrogens (primary N) is 1. The fourth-order valence-corrected chi connectivity index (χ4v) is 0.924. The van der Waals surface area contributed by atoms with E-state index in [9.17, 15) is 17.3 Å². The Balaban J connectivity index is 0.000000385. The van der Waals surface area contributed by atoms with Gasteiger partial charge in [0.1, 0.15) is 5.82 Å². The van der Waals surface area contributed by atoms with Crippen LogP contribution < -0.4 is 5.73 Å². The van der Waals surface area contributed by atoms with E-state index in [0.717, 1.165) is 11.1 Å². The van der Waals surface area contributed by atoms with Crippen LogP contribution in [0.5, 0.6) is 0 Å². The molecule has 0 bridgehead atoms. The molecule has 0 saturated carbocycles. The maximum Gasteiger partial charge on any atom is 0.673 e. The van der Waals surface area contributed by atoms with Crippen LogP contribution in [-0.2, 0) is 0 Å². The number of nitrogens with zero attached hydrogens (tertiary/aromatic N) is 2. The Morgan fingerprint density at radius 2 is 1.75 bits per heavy atom. The van der Waals surface area contributed by atoms with Gasteiger partial charge in [-0.3, -0.25) is 0 Å². The van der Waals surface area contributed by atoms with E-state index in [2.05, 4.69) is 11.1 Å². The molecule has 8 heteroatoms. The third kappa shape index (κ3) is 5.19. The first-order valence-electron chi connectivity index (χ1n) is 4.16. The van der Waals surface area contributed by atoms with Gasteiger partial charge in [-0.25, -0.2) is 4.98 Å². The molecule has 1 heterocycles. The maximum atomic E-state index is 9.75. The van der Waals surface area contributed by atoms with Crippen LogP contribution in [0.25, 0.3) is 0 Å². The molecular formula is C8H9BF4N3-. The molecule has 0 aliphatic rings. The maximum absolute atomic E-state index is 9.75. The Kier molecular flexibility index (Phi) is 4.75. The topological polar surface area (TPSA) is 62.7 Å². The number of hydrogen-bond donors (Lipinski definition) is 1. The number of pyridine rings is 1. The highest BCUT2D eigenvalue weighted by Gasteiger charge is 2.20. The number of nitriles is 1. The van der Waals surface area contributed by atoms with Crippen LogP contribution in [-0.4, -0.2) is 12.2 Å². The molecule has 0 amide bonds. The summed E-state index contributed by atoms with van der Waals surface area (Å²) in [6, 6.07) is 2.08. The van der Waals surface area contributed by atoms with Crippen molar-refractivity contribution in [1.29, 1.82) is 5.26 Å². The lowest BCUT2D eigenvalue weighted by atomic mass is 10.1. The summed E-state index contributed by atoms with van der Waals surface area (Å²) in [5.74, 6) is 0.437. The van der Waals surface area contributed by atoms with Crippen LogP contribution in [0.3, 0.4) is 0 Å². The van der Waals surface area contributed by atoms with Crippen LogP contribution in [0, 0.1) is 25.2 Å². The number of rotatable bonds is 0. The van der Waals surface area contributed by atoms with Crippen molar-refractivity contribution in [3.63, 3.8) is 0 Å². The van der Waals surface area contributed by atoms with Gasteiger partial charge in [-0.15, -0.1) is 0 Å². The van der Waals surface area contributed by atoms with Gasteiger partial charge in [0.2, 0.25) is 0 Å². The fraction of sp³-hybridized carbons (Fsp3) is 0.250. The van der Waals surface area contributed by atoms with Gasteiger partial charge in [-0.05, 0) is 19.4 Å². The zero-order valence-corrected chi connectivity index (χ0v) is 8.64. The Morgan fingerprint density at radius 1 is 1.31 bits per heavy atom. The number of aryl methyl sites for hydroxylation is 1. The van der Waals surface area contributed by atoms with E-state index in [0.29, 0.717) is 11.4 Å². The molecule has 2 N–H and O–H groups in total. The van der Waals surface area contributed by atoms with Crippen LogP contribution in [0.2, 0.25) is 0 Å². The molecule has 88 valence electrons. The smallest absolute Gasteiger partial charge is 0.418 e. The standard InChI is InChI=1S/C8H9N3.BF4/c1-5-4-11-8(10)6(2)7(5)3-9;2-1(3,4)5/h4H,1-2H3,(H2,10,11);/q;-1. The first-order valence-corrected chi connectivity index (χ1v) is 4.16. The average Bonchev–Trinajstić information content (AvgIpc) is 2.10. The van der Waals surface area contributed by atoms with E-state index < -0.39 is 7.25 Å². The molecule has 16 heavy (non-hydrogen) atoms. The minimum atomic E-state index is -6.00. The minimum Gasteiger partial charge on any atom is -0.418 e. The zero-order valence-electron chi connectivity index (χ0n) is 8.64. The predicted molar refractivity (Wildman–Crippen MR) is 53.0 cm³/mol. The molecule has 0 unspecified atom stereocenters. The first-order chi connectivity index (χ1) is 7.16. The van der Waals surface area contributed by atoms with Crippen LogP contribution in [0.4, 0.5) is 23.1 Å². The Labute approximate surface area is 90.0 Å². The van der Waals surface area contributed by atoms with Gasteiger partial charge in [-0.2, -0.15) is 5.26 Å². The SMILES string of the molecule is Cc1cnc(N)c(C)c1C#N.F[B-](F)(F)F. The van der Waals surface area contributed by atoms with Crippen molar-refractivity contribution in [3.05, 3.63) is 22.9 Å². The van der Waals surface area contributed by atoms with Crippen LogP contribution >= 0.6 is 0 Å². The van der Waals surface area contributed by atoms with Crippen LogP contribution in [0.1, 0.15) is 16.7 Å². The third-order valence-electron chi connectivity index (χ3n) is 1.66. The van der Waals surface area contributed by atoms with Gasteiger partial charge < -0.3 is 23.0 Å². The summed E-state index contributed by atoms with van der Waals surface area (Å²) in [5.41, 5.74) is 7.78. The molecule has 0 aliphatic heterocycles. The quantitative estimate of drug-likeness (QED) is 0.553. The monoisotopic (exact) mass is 234 g/mol. The molecule has 0 spiro atoms. The summed E-state index contributed by atoms with van der Waals surface area (Å²) in [6.45, 7) is 3.64. The lowest BCUT2D eigenvalue weighted by Gasteiger charge is -2.02. The van der Waals surface area contributed by atoms with Gasteiger partial charge in [0.05, 0.1) is 11.6 Å². The zero-order chi connectivity index (χ0) is 12.9. The predicted octanol–water partition coefficient (Wildman–Crippen LogP) is 2.45. The largest absolute Gasteiger partial charge is 0.673 e. The second-order valence-electron chi connectivity index (χ2n) is 2.93. The molecule has 0 radical (unpaired) electrons. The number of aromatic nitrogens is 1. The van der Waals surface area contributed by atoms with Gasteiger partial charge in [-0.1, -0.05) is 0 Å². The van der Waals surface area contributed by atoms with Gasteiger partial charge in [0.15, 0.2) is 0 Å². The van der Waals surface area contributed by atoms with E-state index in [1.54, 1.807) is 13.1 Å². The molecule has 3 nitrogen and oxygen atoms in total. The third-order valence-corrected chi connectivity index (χ3v) is 1.66. The molecule has 0 fully saturated rings. The first kappa shape index (κ1) is 14.2. The Bertz CT molecular complexity index is 405. The Hall–Kier alpha value is -1.78. The highest BCUT2D eigenvalue weighted by Crippen LogP contribution is 2.15. The summed E-state index contributed by atoms with van der Waals surface area (Å²) in [7, 11) is -6.00. The highest BCUT2D eigenvalue weighted by molar-refractivity contribution is 6.50. The molecule has 0 atom stereocenters. The summed E-state index contributed by atoms with van der Waals surface area (Å²) in [4.78, 5) is 3.91. The molecule has 1 aromatic rings. The van der Waals surface area contributed by atoms with E-state index >= 15 is 0 Å². The van der Waals surface area contributed by atoms with E-state index in [1.165, 1.54) is 0 Å². The fourth-order valence-electron chi connectivity index (χ4n) is 0.924. The van der Waals surface area contributed by atoms with Crippen LogP contribution in [0.15, 0.2) is 6.20 Å². The van der Waals surface area contributed by atoms with Crippen molar-refractivity contribution in [2.24, 2.45) is 0 Å². The molecular weight excluding hydrogens is 225 g/mol. The summed E-state index contributed by atoms with van der Waals surface area (Å²) in [5, 5.41) is 8.69. The van der Waals surface area contributed by atoms with Crippen molar-refractivity contribution in [2.45, 2.75) is 13.8 Å². The lowest BCUT2D eigenvalue weighted by Crippen LogP contribution is -2.02. The summed E-state index contributed by atoms with van der Waals surface area (Å²) in [6.07, 6.45) is 1.61. The normalized spacial score (nSPS) is 10.1. The molecule has 0 aromatic carbocycles. The van der Waals surface area contributed by atoms with E-state index in [1.807, 2.05) is 6.92 Å². The number of halogens is 4. The average molecular weight is 234 g/mol. The number of anilines is 1. The van der Waals surface area contributed by atoms with Gasteiger partial charge in [0, 0.05) is 11.8 Å². The van der Waals surface area contributed by atoms with E-state index in [-0.39, 0.29) is 0 Å². The van der Waals surface area contributed by atoms with E-state index in [4.69, 9.17) is 11.0 Å². The second-order valence-corrected chi connectivity index (χ2v) is 2.93. The highest BCUT2D eigenvalue weighted by atomic mass is 19.5. The lowest BCUT2D eigenvalue weighted by molar-refractivity contribution is 0.368. The van der Waals surface area contributed by atoms with Crippen molar-refractivity contribution in [2.75, 3.05) is 5.73 Å². The van der Waals surface area contributed by atoms with Crippen molar-refractivity contribution >= 4 is 13.1 Å². The second kappa shape index (κ2) is 5.35. The van der Waals surface area contributed by atoms with Crippen molar-refractivity contribution in [1.82, 2.24) is 4.98 Å². The summed E-state index contributed by atoms with van der Waals surface area (Å²) >= 11 is 0. The van der Waals surface area contributed by atoms with Gasteiger partial charge >= 0.3 is 7.25 Å². The molecule has 1 rings (SSSR count). The van der Waals surface area contributed by atoms with Crippen molar-refractivity contribution in [3.8, 4) is 6.07 Å². The van der Waals surface area contributed by atoms with Crippen molar-refractivity contribution < 1.29 is 17.3 Å². The number of hydrogen-bond acceptors (Lipinski definition) is 3. The number of nitrogen functional groups attached to an aromatic ring is 1. The molecule has 1 aromatic heterocycles. The molecule has 0 saturated heterocycles. The summed E-state index contributed by atoms with van der Waals surface area (Å²) < 4.78 is 39.0. The Morgan fingerprint density at radius 3 is 2.06 bits per heavy atom. The van der Waals surface area contributed by atoms with Gasteiger partial charge in [0.25, 0.3) is 0 Å².